The second-order valence-electron chi connectivity index (χ2n) is 4.43. The molecule has 0 fully saturated rings. The van der Waals surface area contributed by atoms with Crippen LogP contribution >= 0.6 is 0 Å². The predicted molar refractivity (Wildman–Crippen MR) is 73.5 cm³/mol. The lowest BCUT2D eigenvalue weighted by atomic mass is 10.0. The van der Waals surface area contributed by atoms with Crippen LogP contribution < -0.4 is 10.1 Å². The zero-order chi connectivity index (χ0) is 12.7. The molecule has 2 heteroatoms. The summed E-state index contributed by atoms with van der Waals surface area (Å²) in [7, 11) is 1.98. The number of allylic oxidation sites excluding steroid dienone is 1. The van der Waals surface area contributed by atoms with Gasteiger partial charge in [-0.3, -0.25) is 0 Å². The number of hydrogen-bond acceptors (Lipinski definition) is 2. The van der Waals surface area contributed by atoms with E-state index in [1.807, 2.05) is 19.2 Å². The SMILES string of the molecule is CCCOc1cccc(C(C=C(C)C)NC)c1. The van der Waals surface area contributed by atoms with E-state index in [4.69, 9.17) is 4.74 Å². The Morgan fingerprint density at radius 2 is 2.18 bits per heavy atom. The zero-order valence-electron chi connectivity index (χ0n) is 11.3. The summed E-state index contributed by atoms with van der Waals surface area (Å²) in [5.41, 5.74) is 2.55. The van der Waals surface area contributed by atoms with Crippen molar-refractivity contribution in [2.45, 2.75) is 33.2 Å². The van der Waals surface area contributed by atoms with Gasteiger partial charge in [0.25, 0.3) is 0 Å². The van der Waals surface area contributed by atoms with Crippen molar-refractivity contribution in [2.24, 2.45) is 0 Å². The van der Waals surface area contributed by atoms with Crippen LogP contribution in [0.4, 0.5) is 0 Å². The quantitative estimate of drug-likeness (QED) is 0.756. The Morgan fingerprint density at radius 1 is 1.41 bits per heavy atom. The molecule has 0 saturated heterocycles. The van der Waals surface area contributed by atoms with E-state index in [9.17, 15) is 0 Å². The van der Waals surface area contributed by atoms with Crippen LogP contribution in [0.1, 0.15) is 38.8 Å². The monoisotopic (exact) mass is 233 g/mol. The summed E-state index contributed by atoms with van der Waals surface area (Å²) in [5, 5.41) is 3.30. The van der Waals surface area contributed by atoms with Gasteiger partial charge in [-0.1, -0.05) is 30.7 Å². The van der Waals surface area contributed by atoms with Gasteiger partial charge in [-0.05, 0) is 45.0 Å². The van der Waals surface area contributed by atoms with Crippen molar-refractivity contribution in [2.75, 3.05) is 13.7 Å². The van der Waals surface area contributed by atoms with E-state index in [1.54, 1.807) is 0 Å². The molecule has 1 aromatic rings. The van der Waals surface area contributed by atoms with Gasteiger partial charge in [-0.25, -0.2) is 0 Å². The summed E-state index contributed by atoms with van der Waals surface area (Å²) < 4.78 is 5.65. The van der Waals surface area contributed by atoms with E-state index < -0.39 is 0 Å². The smallest absolute Gasteiger partial charge is 0.119 e. The number of benzene rings is 1. The normalized spacial score (nSPS) is 12.0. The maximum absolute atomic E-state index is 5.65. The van der Waals surface area contributed by atoms with Crippen molar-refractivity contribution in [1.29, 1.82) is 0 Å². The van der Waals surface area contributed by atoms with Crippen LogP contribution in [0.25, 0.3) is 0 Å². The van der Waals surface area contributed by atoms with E-state index in [1.165, 1.54) is 11.1 Å². The van der Waals surface area contributed by atoms with Crippen molar-refractivity contribution < 1.29 is 4.74 Å². The van der Waals surface area contributed by atoms with Gasteiger partial charge < -0.3 is 10.1 Å². The number of nitrogens with one attached hydrogen (secondary N) is 1. The van der Waals surface area contributed by atoms with Crippen LogP contribution in [0, 0.1) is 0 Å². The fraction of sp³-hybridized carbons (Fsp3) is 0.467. The summed E-state index contributed by atoms with van der Waals surface area (Å²) in [6.45, 7) is 7.11. The molecule has 1 atom stereocenters. The topological polar surface area (TPSA) is 21.3 Å². The molecule has 1 N–H and O–H groups in total. The molecule has 17 heavy (non-hydrogen) atoms. The maximum Gasteiger partial charge on any atom is 0.119 e. The second-order valence-corrected chi connectivity index (χ2v) is 4.43. The highest BCUT2D eigenvalue weighted by Crippen LogP contribution is 2.21. The Morgan fingerprint density at radius 3 is 2.76 bits per heavy atom. The van der Waals surface area contributed by atoms with Gasteiger partial charge in [0.1, 0.15) is 5.75 Å². The lowest BCUT2D eigenvalue weighted by molar-refractivity contribution is 0.317. The number of likely N-dealkylation sites (N-methyl/N-ethyl adjacent to an activating group) is 1. The molecule has 0 aromatic heterocycles. The molecule has 0 aliphatic rings. The first-order chi connectivity index (χ1) is 8.17. The van der Waals surface area contributed by atoms with E-state index in [0.29, 0.717) is 0 Å². The summed E-state index contributed by atoms with van der Waals surface area (Å²) >= 11 is 0. The van der Waals surface area contributed by atoms with Crippen molar-refractivity contribution in [3.8, 4) is 5.75 Å². The maximum atomic E-state index is 5.65. The lowest BCUT2D eigenvalue weighted by Gasteiger charge is -2.14. The molecular formula is C15H23NO. The minimum atomic E-state index is 0.255. The number of rotatable bonds is 6. The summed E-state index contributed by atoms with van der Waals surface area (Å²) in [6.07, 6.45) is 3.26. The first-order valence-corrected chi connectivity index (χ1v) is 6.22. The van der Waals surface area contributed by atoms with Crippen LogP contribution in [0.3, 0.4) is 0 Å². The van der Waals surface area contributed by atoms with Crippen LogP contribution in [-0.2, 0) is 0 Å². The van der Waals surface area contributed by atoms with Crippen LogP contribution in [-0.4, -0.2) is 13.7 Å². The highest BCUT2D eigenvalue weighted by atomic mass is 16.5. The predicted octanol–water partition coefficient (Wildman–Crippen LogP) is 3.70. The summed E-state index contributed by atoms with van der Waals surface area (Å²) in [6, 6.07) is 8.54. The third kappa shape index (κ3) is 4.61. The second kappa shape index (κ2) is 7.13. The highest BCUT2D eigenvalue weighted by Gasteiger charge is 2.06. The largest absolute Gasteiger partial charge is 0.494 e. The standard InChI is InChI=1S/C15H23NO/c1-5-9-17-14-8-6-7-13(11-14)15(16-4)10-12(2)3/h6-8,10-11,15-16H,5,9H2,1-4H3. The molecule has 0 spiro atoms. The average molecular weight is 233 g/mol. The molecule has 1 rings (SSSR count). The molecule has 0 radical (unpaired) electrons. The van der Waals surface area contributed by atoms with Crippen molar-refractivity contribution in [3.63, 3.8) is 0 Å². The Hall–Kier alpha value is -1.28. The number of hydrogen-bond donors (Lipinski definition) is 1. The molecule has 0 amide bonds. The molecule has 2 nitrogen and oxygen atoms in total. The van der Waals surface area contributed by atoms with Gasteiger partial charge in [-0.2, -0.15) is 0 Å². The molecular weight excluding hydrogens is 210 g/mol. The zero-order valence-corrected chi connectivity index (χ0v) is 11.3. The van der Waals surface area contributed by atoms with Gasteiger partial charge in [-0.15, -0.1) is 0 Å². The molecule has 94 valence electrons. The highest BCUT2D eigenvalue weighted by molar-refractivity contribution is 5.33. The molecule has 0 aliphatic carbocycles. The van der Waals surface area contributed by atoms with E-state index in [2.05, 4.69) is 44.3 Å². The summed E-state index contributed by atoms with van der Waals surface area (Å²) in [5.74, 6) is 0.951. The van der Waals surface area contributed by atoms with Crippen molar-refractivity contribution in [1.82, 2.24) is 5.32 Å². The minimum absolute atomic E-state index is 0.255. The average Bonchev–Trinajstić information content (AvgIpc) is 2.33. The molecule has 1 unspecified atom stereocenters. The van der Waals surface area contributed by atoms with Gasteiger partial charge in [0.15, 0.2) is 0 Å². The van der Waals surface area contributed by atoms with Gasteiger partial charge in [0, 0.05) is 0 Å². The Bertz CT molecular complexity index is 367. The van der Waals surface area contributed by atoms with E-state index >= 15 is 0 Å². The molecule has 0 aliphatic heterocycles. The van der Waals surface area contributed by atoms with E-state index in [0.717, 1.165) is 18.8 Å². The fourth-order valence-corrected chi connectivity index (χ4v) is 1.70. The number of ether oxygens (including phenoxy) is 1. The van der Waals surface area contributed by atoms with Crippen LogP contribution in [0.15, 0.2) is 35.9 Å². The minimum Gasteiger partial charge on any atom is -0.494 e. The Labute approximate surface area is 105 Å². The van der Waals surface area contributed by atoms with Crippen molar-refractivity contribution >= 4 is 0 Å². The first kappa shape index (κ1) is 13.8. The van der Waals surface area contributed by atoms with Crippen LogP contribution in [0.2, 0.25) is 0 Å². The van der Waals surface area contributed by atoms with Gasteiger partial charge in [0.2, 0.25) is 0 Å². The van der Waals surface area contributed by atoms with Gasteiger partial charge in [0.05, 0.1) is 12.6 Å². The lowest BCUT2D eigenvalue weighted by Crippen LogP contribution is -2.14. The third-order valence-corrected chi connectivity index (χ3v) is 2.50. The third-order valence-electron chi connectivity index (χ3n) is 2.50. The summed E-state index contributed by atoms with van der Waals surface area (Å²) in [4.78, 5) is 0. The van der Waals surface area contributed by atoms with Gasteiger partial charge >= 0.3 is 0 Å². The van der Waals surface area contributed by atoms with Crippen molar-refractivity contribution in [3.05, 3.63) is 41.5 Å². The molecule has 0 bridgehead atoms. The molecule has 0 heterocycles. The Kier molecular flexibility index (Phi) is 5.78. The fourth-order valence-electron chi connectivity index (χ4n) is 1.70. The first-order valence-electron chi connectivity index (χ1n) is 6.22. The molecule has 1 aromatic carbocycles. The molecule has 0 saturated carbocycles. The van der Waals surface area contributed by atoms with Crippen LogP contribution in [0.5, 0.6) is 5.75 Å². The Balaban J connectivity index is 2.85. The van der Waals surface area contributed by atoms with E-state index in [-0.39, 0.29) is 6.04 Å².